The molecule has 1 aromatic heterocycles. The maximum absolute atomic E-state index is 9.20. The molecule has 5 nitrogen and oxygen atoms in total. The Morgan fingerprint density at radius 3 is 2.50 bits per heavy atom. The predicted octanol–water partition coefficient (Wildman–Crippen LogP) is 3.05. The molecule has 3 rings (SSSR count). The van der Waals surface area contributed by atoms with Gasteiger partial charge >= 0.3 is 0 Å². The lowest BCUT2D eigenvalue weighted by Crippen LogP contribution is -1.99. The summed E-state index contributed by atoms with van der Waals surface area (Å²) in [5, 5.41) is 16.3. The first-order valence-electron chi connectivity index (χ1n) is 6.22. The maximum Gasteiger partial charge on any atom is 0.246 e. The quantitative estimate of drug-likeness (QED) is 0.711. The molecule has 0 unspecified atom stereocenters. The van der Waals surface area contributed by atoms with Gasteiger partial charge in [0, 0.05) is 11.3 Å². The molecule has 2 aromatic carbocycles. The van der Waals surface area contributed by atoms with Crippen molar-refractivity contribution in [2.24, 2.45) is 0 Å². The van der Waals surface area contributed by atoms with Gasteiger partial charge in [-0.25, -0.2) is 0 Å². The highest BCUT2D eigenvalue weighted by atomic mass is 16.5. The Labute approximate surface area is 115 Å². The van der Waals surface area contributed by atoms with E-state index in [4.69, 9.17) is 4.52 Å². The van der Waals surface area contributed by atoms with Crippen molar-refractivity contribution >= 4 is 5.69 Å². The number of rotatable bonds is 4. The van der Waals surface area contributed by atoms with Gasteiger partial charge in [-0.1, -0.05) is 35.5 Å². The highest BCUT2D eigenvalue weighted by Crippen LogP contribution is 2.17. The minimum Gasteiger partial charge on any atom is -0.508 e. The van der Waals surface area contributed by atoms with Gasteiger partial charge in [0.05, 0.1) is 6.54 Å². The van der Waals surface area contributed by atoms with Gasteiger partial charge in [0.15, 0.2) is 0 Å². The number of hydrogen-bond donors (Lipinski definition) is 2. The molecular formula is C15H13N3O2. The summed E-state index contributed by atoms with van der Waals surface area (Å²) in [6.45, 7) is 0.435. The maximum atomic E-state index is 9.20. The van der Waals surface area contributed by atoms with Crippen LogP contribution >= 0.6 is 0 Å². The van der Waals surface area contributed by atoms with E-state index in [9.17, 15) is 5.11 Å². The highest BCUT2D eigenvalue weighted by Gasteiger charge is 2.07. The first kappa shape index (κ1) is 12.2. The summed E-state index contributed by atoms with van der Waals surface area (Å²) in [4.78, 5) is 4.32. The van der Waals surface area contributed by atoms with Crippen molar-refractivity contribution < 1.29 is 9.63 Å². The average molecular weight is 267 g/mol. The van der Waals surface area contributed by atoms with Crippen LogP contribution in [0.2, 0.25) is 0 Å². The van der Waals surface area contributed by atoms with Crippen LogP contribution in [-0.4, -0.2) is 15.2 Å². The Hall–Kier alpha value is -2.82. The number of phenolic OH excluding ortho intramolecular Hbond substituents is 1. The number of nitrogens with one attached hydrogen (secondary N) is 1. The fraction of sp³-hybridized carbons (Fsp3) is 0.0667. The van der Waals surface area contributed by atoms with Crippen molar-refractivity contribution in [3.63, 3.8) is 0 Å². The third-order valence-electron chi connectivity index (χ3n) is 2.81. The average Bonchev–Trinajstić information content (AvgIpc) is 2.97. The Bertz CT molecular complexity index is 678. The van der Waals surface area contributed by atoms with Crippen LogP contribution in [0.15, 0.2) is 59.1 Å². The zero-order valence-corrected chi connectivity index (χ0v) is 10.7. The van der Waals surface area contributed by atoms with E-state index in [0.717, 1.165) is 11.3 Å². The minimum atomic E-state index is 0.236. The van der Waals surface area contributed by atoms with E-state index in [1.165, 1.54) is 0 Å². The number of nitrogens with zero attached hydrogens (tertiary/aromatic N) is 2. The number of hydrogen-bond acceptors (Lipinski definition) is 5. The SMILES string of the molecule is Oc1ccc(NCc2nc(-c3ccccc3)no2)cc1. The lowest BCUT2D eigenvalue weighted by Gasteiger charge is -2.02. The van der Waals surface area contributed by atoms with Gasteiger partial charge in [0.1, 0.15) is 5.75 Å². The third kappa shape index (κ3) is 2.77. The summed E-state index contributed by atoms with van der Waals surface area (Å²) in [7, 11) is 0. The molecule has 1 heterocycles. The predicted molar refractivity (Wildman–Crippen MR) is 75.2 cm³/mol. The van der Waals surface area contributed by atoms with E-state index in [1.807, 2.05) is 30.3 Å². The summed E-state index contributed by atoms with van der Waals surface area (Å²) in [6, 6.07) is 16.5. The van der Waals surface area contributed by atoms with E-state index in [0.29, 0.717) is 18.3 Å². The smallest absolute Gasteiger partial charge is 0.246 e. The fourth-order valence-corrected chi connectivity index (χ4v) is 1.79. The van der Waals surface area contributed by atoms with Gasteiger partial charge in [-0.15, -0.1) is 0 Å². The molecule has 0 fully saturated rings. The largest absolute Gasteiger partial charge is 0.508 e. The van der Waals surface area contributed by atoms with Crippen LogP contribution in [0, 0.1) is 0 Å². The van der Waals surface area contributed by atoms with Crippen molar-refractivity contribution in [2.75, 3.05) is 5.32 Å². The van der Waals surface area contributed by atoms with Gasteiger partial charge in [-0.05, 0) is 24.3 Å². The molecule has 0 amide bonds. The molecule has 0 atom stereocenters. The zero-order chi connectivity index (χ0) is 13.8. The molecule has 0 spiro atoms. The van der Waals surface area contributed by atoms with Crippen LogP contribution in [0.25, 0.3) is 11.4 Å². The highest BCUT2D eigenvalue weighted by molar-refractivity contribution is 5.53. The van der Waals surface area contributed by atoms with E-state index < -0.39 is 0 Å². The summed E-state index contributed by atoms with van der Waals surface area (Å²) >= 11 is 0. The van der Waals surface area contributed by atoms with Gasteiger partial charge in [-0.2, -0.15) is 4.98 Å². The lowest BCUT2D eigenvalue weighted by molar-refractivity contribution is 0.384. The van der Waals surface area contributed by atoms with Gasteiger partial charge in [0.25, 0.3) is 0 Å². The summed E-state index contributed by atoms with van der Waals surface area (Å²) < 4.78 is 5.19. The first-order valence-corrected chi connectivity index (χ1v) is 6.22. The van der Waals surface area contributed by atoms with Crippen LogP contribution in [0.5, 0.6) is 5.75 Å². The molecule has 2 N–H and O–H groups in total. The summed E-state index contributed by atoms with van der Waals surface area (Å²) in [6.07, 6.45) is 0. The second-order valence-electron chi connectivity index (χ2n) is 4.28. The third-order valence-corrected chi connectivity index (χ3v) is 2.81. The van der Waals surface area contributed by atoms with Crippen LogP contribution in [-0.2, 0) is 6.54 Å². The second-order valence-corrected chi connectivity index (χ2v) is 4.28. The van der Waals surface area contributed by atoms with E-state index in [-0.39, 0.29) is 5.75 Å². The first-order chi connectivity index (χ1) is 9.81. The van der Waals surface area contributed by atoms with E-state index in [2.05, 4.69) is 15.5 Å². The Balaban J connectivity index is 1.67. The molecule has 0 aliphatic rings. The summed E-state index contributed by atoms with van der Waals surface area (Å²) in [5.41, 5.74) is 1.80. The van der Waals surface area contributed by atoms with Gasteiger partial charge in [-0.3, -0.25) is 0 Å². The number of aromatic hydroxyl groups is 1. The zero-order valence-electron chi connectivity index (χ0n) is 10.7. The molecule has 0 radical (unpaired) electrons. The van der Waals surface area contributed by atoms with Gasteiger partial charge < -0.3 is 14.9 Å². The monoisotopic (exact) mass is 267 g/mol. The molecule has 100 valence electrons. The van der Waals surface area contributed by atoms with Crippen LogP contribution in [0.4, 0.5) is 5.69 Å². The standard InChI is InChI=1S/C15H13N3O2/c19-13-8-6-12(7-9-13)16-10-14-17-15(18-20-14)11-4-2-1-3-5-11/h1-9,16,19H,10H2. The Morgan fingerprint density at radius 2 is 1.75 bits per heavy atom. The number of anilines is 1. The second kappa shape index (κ2) is 5.44. The molecule has 5 heteroatoms. The fourth-order valence-electron chi connectivity index (χ4n) is 1.79. The van der Waals surface area contributed by atoms with E-state index in [1.54, 1.807) is 24.3 Å². The number of aromatic nitrogens is 2. The van der Waals surface area contributed by atoms with Crippen molar-refractivity contribution in [1.29, 1.82) is 0 Å². The van der Waals surface area contributed by atoms with E-state index >= 15 is 0 Å². The molecule has 0 saturated heterocycles. The number of benzene rings is 2. The molecule has 0 aliphatic heterocycles. The topological polar surface area (TPSA) is 71.2 Å². The summed E-state index contributed by atoms with van der Waals surface area (Å²) in [5.74, 6) is 1.32. The molecule has 0 saturated carbocycles. The van der Waals surface area contributed by atoms with Crippen molar-refractivity contribution in [1.82, 2.24) is 10.1 Å². The Morgan fingerprint density at radius 1 is 1.00 bits per heavy atom. The molecular weight excluding hydrogens is 254 g/mol. The van der Waals surface area contributed by atoms with Crippen LogP contribution in [0.1, 0.15) is 5.89 Å². The lowest BCUT2D eigenvalue weighted by atomic mass is 10.2. The Kier molecular flexibility index (Phi) is 3.33. The van der Waals surface area contributed by atoms with Crippen LogP contribution in [0.3, 0.4) is 0 Å². The van der Waals surface area contributed by atoms with Gasteiger partial charge in [0.2, 0.25) is 11.7 Å². The number of phenols is 1. The van der Waals surface area contributed by atoms with Crippen molar-refractivity contribution in [3.8, 4) is 17.1 Å². The van der Waals surface area contributed by atoms with Crippen molar-refractivity contribution in [2.45, 2.75) is 6.54 Å². The minimum absolute atomic E-state index is 0.236. The molecule has 0 bridgehead atoms. The van der Waals surface area contributed by atoms with Crippen LogP contribution < -0.4 is 5.32 Å². The molecule has 3 aromatic rings. The molecule has 0 aliphatic carbocycles. The van der Waals surface area contributed by atoms with Crippen molar-refractivity contribution in [3.05, 3.63) is 60.5 Å². The molecule has 20 heavy (non-hydrogen) atoms. The normalized spacial score (nSPS) is 10.4.